The highest BCUT2D eigenvalue weighted by molar-refractivity contribution is 6.30. The van der Waals surface area contributed by atoms with Crippen molar-refractivity contribution >= 4 is 17.5 Å². The highest BCUT2D eigenvalue weighted by atomic mass is 35.5. The predicted octanol–water partition coefficient (Wildman–Crippen LogP) is 2.18. The Morgan fingerprint density at radius 3 is 2.87 bits per heavy atom. The predicted molar refractivity (Wildman–Crippen MR) is 88.8 cm³/mol. The lowest BCUT2D eigenvalue weighted by Crippen LogP contribution is -2.48. The van der Waals surface area contributed by atoms with Crippen molar-refractivity contribution < 1.29 is 4.79 Å². The second-order valence-corrected chi connectivity index (χ2v) is 6.47. The molecular weight excluding hydrogens is 314 g/mol. The van der Waals surface area contributed by atoms with Gasteiger partial charge in [0.05, 0.1) is 11.4 Å². The number of aromatic nitrogens is 3. The number of amides is 1. The second kappa shape index (κ2) is 6.29. The average Bonchev–Trinajstić information content (AvgIpc) is 2.89. The zero-order valence-electron chi connectivity index (χ0n) is 13.2. The van der Waals surface area contributed by atoms with Gasteiger partial charge in [0, 0.05) is 23.7 Å². The zero-order valence-corrected chi connectivity index (χ0v) is 14.0. The van der Waals surface area contributed by atoms with Crippen LogP contribution in [0.3, 0.4) is 0 Å². The number of hydrogen-bond donors (Lipinski definition) is 1. The minimum atomic E-state index is -0.0878. The maximum absolute atomic E-state index is 12.8. The van der Waals surface area contributed by atoms with E-state index in [9.17, 15) is 4.79 Å². The fraction of sp³-hybridized carbons (Fsp3) is 0.438. The van der Waals surface area contributed by atoms with Crippen molar-refractivity contribution in [1.82, 2.24) is 19.9 Å². The Morgan fingerprint density at radius 1 is 1.39 bits per heavy atom. The second-order valence-electron chi connectivity index (χ2n) is 6.04. The summed E-state index contributed by atoms with van der Waals surface area (Å²) in [5.41, 5.74) is 7.69. The van der Waals surface area contributed by atoms with Gasteiger partial charge in [0.1, 0.15) is 0 Å². The molecule has 1 saturated heterocycles. The van der Waals surface area contributed by atoms with E-state index in [-0.39, 0.29) is 18.0 Å². The summed E-state index contributed by atoms with van der Waals surface area (Å²) in [6.07, 6.45) is 1.63. The van der Waals surface area contributed by atoms with E-state index in [0.29, 0.717) is 23.0 Å². The van der Waals surface area contributed by atoms with Crippen molar-refractivity contribution in [2.45, 2.75) is 38.8 Å². The smallest absolute Gasteiger partial charge is 0.276 e. The number of halogens is 1. The Kier molecular flexibility index (Phi) is 4.37. The minimum Gasteiger partial charge on any atom is -0.334 e. The topological polar surface area (TPSA) is 77.0 Å². The molecule has 1 aliphatic heterocycles. The van der Waals surface area contributed by atoms with Crippen LogP contribution in [0.5, 0.6) is 0 Å². The molecule has 2 heterocycles. The molecule has 23 heavy (non-hydrogen) atoms. The van der Waals surface area contributed by atoms with Gasteiger partial charge in [-0.3, -0.25) is 4.79 Å². The van der Waals surface area contributed by atoms with E-state index in [2.05, 4.69) is 10.2 Å². The van der Waals surface area contributed by atoms with Crippen LogP contribution in [-0.4, -0.2) is 44.4 Å². The van der Waals surface area contributed by atoms with Crippen LogP contribution in [0.1, 0.15) is 35.9 Å². The Labute approximate surface area is 140 Å². The lowest BCUT2D eigenvalue weighted by molar-refractivity contribution is 0.0611. The number of hydrogen-bond acceptors (Lipinski definition) is 4. The van der Waals surface area contributed by atoms with Crippen molar-refractivity contribution in [3.05, 3.63) is 40.7 Å². The van der Waals surface area contributed by atoms with Gasteiger partial charge in [0.15, 0.2) is 5.69 Å². The molecule has 0 saturated carbocycles. The summed E-state index contributed by atoms with van der Waals surface area (Å²) in [4.78, 5) is 16.1. The fourth-order valence-corrected chi connectivity index (χ4v) is 3.12. The van der Waals surface area contributed by atoms with E-state index < -0.39 is 0 Å². The molecule has 2 aromatic rings. The molecule has 1 aromatic carbocycles. The van der Waals surface area contributed by atoms with Gasteiger partial charge in [-0.05, 0) is 44.9 Å². The molecule has 122 valence electrons. The summed E-state index contributed by atoms with van der Waals surface area (Å²) in [6.45, 7) is 4.47. The van der Waals surface area contributed by atoms with Crippen molar-refractivity contribution in [3.63, 3.8) is 0 Å². The molecule has 0 bridgehead atoms. The highest BCUT2D eigenvalue weighted by Crippen LogP contribution is 2.20. The van der Waals surface area contributed by atoms with Gasteiger partial charge in [-0.15, -0.1) is 5.10 Å². The zero-order chi connectivity index (χ0) is 16.6. The van der Waals surface area contributed by atoms with Crippen LogP contribution in [0.15, 0.2) is 24.3 Å². The average molecular weight is 334 g/mol. The first kappa shape index (κ1) is 16.0. The van der Waals surface area contributed by atoms with E-state index >= 15 is 0 Å². The summed E-state index contributed by atoms with van der Waals surface area (Å²) < 4.78 is 0. The maximum atomic E-state index is 12.8. The van der Waals surface area contributed by atoms with Crippen LogP contribution in [0.2, 0.25) is 5.02 Å². The molecule has 0 radical (unpaired) electrons. The van der Waals surface area contributed by atoms with Gasteiger partial charge in [-0.1, -0.05) is 17.7 Å². The van der Waals surface area contributed by atoms with E-state index in [0.717, 1.165) is 18.5 Å². The van der Waals surface area contributed by atoms with Gasteiger partial charge in [-0.2, -0.15) is 9.90 Å². The van der Waals surface area contributed by atoms with Crippen molar-refractivity contribution in [3.8, 4) is 5.69 Å². The Morgan fingerprint density at radius 2 is 2.17 bits per heavy atom. The number of rotatable bonds is 2. The first-order valence-corrected chi connectivity index (χ1v) is 8.10. The standard InChI is InChI=1S/C16H20ClN5O/c1-10-8-13(18)6-7-21(10)16(23)15-11(2)19-22(20-15)14-5-3-4-12(17)9-14/h3-5,9-10,13H,6-8,18H2,1-2H3. The third kappa shape index (κ3) is 3.23. The quantitative estimate of drug-likeness (QED) is 0.913. The summed E-state index contributed by atoms with van der Waals surface area (Å²) in [6, 6.07) is 7.50. The molecule has 3 rings (SSSR count). The van der Waals surface area contributed by atoms with Crippen LogP contribution < -0.4 is 5.73 Å². The molecule has 7 heteroatoms. The molecule has 1 aliphatic rings. The lowest BCUT2D eigenvalue weighted by atomic mass is 9.99. The molecule has 2 atom stereocenters. The number of carbonyl (C=O) groups is 1. The highest BCUT2D eigenvalue weighted by Gasteiger charge is 2.30. The van der Waals surface area contributed by atoms with Crippen molar-refractivity contribution in [1.29, 1.82) is 0 Å². The molecule has 2 N–H and O–H groups in total. The SMILES string of the molecule is Cc1nn(-c2cccc(Cl)c2)nc1C(=O)N1CCC(N)CC1C. The number of nitrogens with two attached hydrogens (primary N) is 1. The van der Waals surface area contributed by atoms with Crippen LogP contribution >= 0.6 is 11.6 Å². The Balaban J connectivity index is 1.87. The van der Waals surface area contributed by atoms with Gasteiger partial charge in [0.2, 0.25) is 0 Å². The number of benzene rings is 1. The van der Waals surface area contributed by atoms with E-state index in [1.165, 1.54) is 4.80 Å². The summed E-state index contributed by atoms with van der Waals surface area (Å²) >= 11 is 6.00. The fourth-order valence-electron chi connectivity index (χ4n) is 2.94. The third-order valence-electron chi connectivity index (χ3n) is 4.20. The van der Waals surface area contributed by atoms with Gasteiger partial charge in [-0.25, -0.2) is 0 Å². The number of carbonyl (C=O) groups excluding carboxylic acids is 1. The van der Waals surface area contributed by atoms with Crippen LogP contribution in [0.4, 0.5) is 0 Å². The monoisotopic (exact) mass is 333 g/mol. The molecule has 2 unspecified atom stereocenters. The molecule has 0 aliphatic carbocycles. The van der Waals surface area contributed by atoms with E-state index in [1.54, 1.807) is 19.1 Å². The summed E-state index contributed by atoms with van der Waals surface area (Å²) in [7, 11) is 0. The Hall–Kier alpha value is -1.92. The Bertz CT molecular complexity index is 729. The van der Waals surface area contributed by atoms with Crippen molar-refractivity contribution in [2.75, 3.05) is 6.54 Å². The molecule has 1 amide bonds. The van der Waals surface area contributed by atoms with Crippen LogP contribution in [0, 0.1) is 6.92 Å². The van der Waals surface area contributed by atoms with Gasteiger partial charge >= 0.3 is 0 Å². The van der Waals surface area contributed by atoms with Gasteiger partial charge in [0.25, 0.3) is 5.91 Å². The minimum absolute atomic E-state index is 0.0878. The summed E-state index contributed by atoms with van der Waals surface area (Å²) in [5.74, 6) is -0.0878. The largest absolute Gasteiger partial charge is 0.334 e. The normalized spacial score (nSPS) is 21.5. The van der Waals surface area contributed by atoms with E-state index in [4.69, 9.17) is 17.3 Å². The third-order valence-corrected chi connectivity index (χ3v) is 4.44. The first-order chi connectivity index (χ1) is 11.0. The van der Waals surface area contributed by atoms with E-state index in [1.807, 2.05) is 24.0 Å². The molecule has 0 spiro atoms. The lowest BCUT2D eigenvalue weighted by Gasteiger charge is -2.35. The first-order valence-electron chi connectivity index (χ1n) is 7.72. The molecule has 1 fully saturated rings. The van der Waals surface area contributed by atoms with Crippen LogP contribution in [-0.2, 0) is 0 Å². The van der Waals surface area contributed by atoms with Gasteiger partial charge < -0.3 is 10.6 Å². The molecule has 1 aromatic heterocycles. The summed E-state index contributed by atoms with van der Waals surface area (Å²) in [5, 5.41) is 9.33. The number of aryl methyl sites for hydroxylation is 1. The number of likely N-dealkylation sites (tertiary alicyclic amines) is 1. The van der Waals surface area contributed by atoms with Crippen LogP contribution in [0.25, 0.3) is 5.69 Å². The molecular formula is C16H20ClN5O. The van der Waals surface area contributed by atoms with Crippen molar-refractivity contribution in [2.24, 2.45) is 5.73 Å². The maximum Gasteiger partial charge on any atom is 0.276 e. The number of nitrogens with zero attached hydrogens (tertiary/aromatic N) is 4. The number of piperidine rings is 1. The molecule has 6 nitrogen and oxygen atoms in total.